The fraction of sp³-hybridized carbons (Fsp3) is 0.400. The van der Waals surface area contributed by atoms with Gasteiger partial charge in [-0.15, -0.1) is 11.8 Å². The zero-order valence-corrected chi connectivity index (χ0v) is 9.49. The molecule has 0 N–H and O–H groups in total. The van der Waals surface area contributed by atoms with Crippen LogP contribution in [0.15, 0.2) is 24.3 Å². The number of methoxy groups -OCH3 is 1. The van der Waals surface area contributed by atoms with Gasteiger partial charge in [-0.2, -0.15) is 0 Å². The summed E-state index contributed by atoms with van der Waals surface area (Å²) >= 11 is 1.59. The molecule has 0 amide bonds. The van der Waals surface area contributed by atoms with Crippen LogP contribution in [0.5, 0.6) is 0 Å². The van der Waals surface area contributed by atoms with Gasteiger partial charge in [0.1, 0.15) is 5.44 Å². The molecule has 1 atom stereocenters. The number of benzene rings is 1. The first kappa shape index (κ1) is 12.0. The van der Waals surface area contributed by atoms with Crippen LogP contribution in [-0.2, 0) is 11.2 Å². The molecule has 0 saturated heterocycles. The molecule has 82 valence electrons. The Balaban J connectivity index is 2.77. The Morgan fingerprint density at radius 1 is 1.60 bits per heavy atom. The fourth-order valence-corrected chi connectivity index (χ4v) is 1.80. The molecule has 0 fully saturated rings. The molecule has 1 aromatic carbocycles. The number of hydrogen-bond acceptors (Lipinski definition) is 4. The molecule has 1 aromatic rings. The van der Waals surface area contributed by atoms with Crippen LogP contribution in [0.2, 0.25) is 0 Å². The summed E-state index contributed by atoms with van der Waals surface area (Å²) in [5.41, 5.74) is 1.10. The van der Waals surface area contributed by atoms with Crippen LogP contribution in [0, 0.1) is 10.1 Å². The van der Waals surface area contributed by atoms with Gasteiger partial charge in [-0.1, -0.05) is 12.1 Å². The Bertz CT molecular complexity index is 339. The molecule has 1 rings (SSSR count). The van der Waals surface area contributed by atoms with Gasteiger partial charge < -0.3 is 4.74 Å². The van der Waals surface area contributed by atoms with E-state index >= 15 is 0 Å². The van der Waals surface area contributed by atoms with Crippen molar-refractivity contribution >= 4 is 17.4 Å². The number of nitro groups is 1. The molecule has 0 bridgehead atoms. The van der Waals surface area contributed by atoms with Crippen LogP contribution in [0.25, 0.3) is 0 Å². The largest absolute Gasteiger partial charge is 0.370 e. The van der Waals surface area contributed by atoms with Crippen molar-refractivity contribution in [3.05, 3.63) is 39.9 Å². The number of rotatable bonds is 5. The molecule has 0 heterocycles. The number of nitrogens with zero attached hydrogens (tertiary/aromatic N) is 1. The SMILES string of the molecule is COC(Cc1cccc([N+](=O)[O-])c1)SC. The molecular formula is C10H13NO3S. The lowest BCUT2D eigenvalue weighted by Gasteiger charge is -2.11. The van der Waals surface area contributed by atoms with Gasteiger partial charge in [-0.05, 0) is 11.8 Å². The third kappa shape index (κ3) is 3.53. The van der Waals surface area contributed by atoms with E-state index in [2.05, 4.69) is 0 Å². The van der Waals surface area contributed by atoms with Gasteiger partial charge in [0.15, 0.2) is 0 Å². The first-order valence-corrected chi connectivity index (χ1v) is 5.75. The van der Waals surface area contributed by atoms with Gasteiger partial charge in [0.2, 0.25) is 0 Å². The Morgan fingerprint density at radius 2 is 2.33 bits per heavy atom. The Hall–Kier alpha value is -1.07. The first-order chi connectivity index (χ1) is 7.17. The summed E-state index contributed by atoms with van der Waals surface area (Å²) in [6.45, 7) is 0. The quantitative estimate of drug-likeness (QED) is 0.440. The summed E-state index contributed by atoms with van der Waals surface area (Å²) in [4.78, 5) is 10.2. The van der Waals surface area contributed by atoms with Gasteiger partial charge in [0.25, 0.3) is 5.69 Å². The first-order valence-electron chi connectivity index (χ1n) is 4.46. The van der Waals surface area contributed by atoms with Crippen LogP contribution in [-0.4, -0.2) is 23.7 Å². The van der Waals surface area contributed by atoms with Crippen molar-refractivity contribution in [2.45, 2.75) is 11.9 Å². The Kier molecular flexibility index (Phi) is 4.58. The minimum atomic E-state index is -0.385. The van der Waals surface area contributed by atoms with Gasteiger partial charge in [-0.3, -0.25) is 10.1 Å². The molecule has 0 saturated carbocycles. The van der Waals surface area contributed by atoms with Gasteiger partial charge in [0.05, 0.1) is 4.92 Å². The minimum absolute atomic E-state index is 0.0482. The number of hydrogen-bond donors (Lipinski definition) is 0. The van der Waals surface area contributed by atoms with Gasteiger partial charge in [0, 0.05) is 25.7 Å². The molecule has 0 spiro atoms. The zero-order valence-electron chi connectivity index (χ0n) is 8.67. The second-order valence-electron chi connectivity index (χ2n) is 3.03. The van der Waals surface area contributed by atoms with E-state index in [9.17, 15) is 10.1 Å². The third-order valence-electron chi connectivity index (χ3n) is 2.05. The monoisotopic (exact) mass is 227 g/mol. The predicted octanol–water partition coefficient (Wildman–Crippen LogP) is 2.47. The molecular weight excluding hydrogens is 214 g/mol. The Labute approximate surface area is 92.8 Å². The summed E-state index contributed by atoms with van der Waals surface area (Å²) in [6, 6.07) is 6.64. The minimum Gasteiger partial charge on any atom is -0.370 e. The summed E-state index contributed by atoms with van der Waals surface area (Å²) < 4.78 is 5.20. The second kappa shape index (κ2) is 5.72. The van der Waals surface area contributed by atoms with Gasteiger partial charge in [-0.25, -0.2) is 0 Å². The lowest BCUT2D eigenvalue weighted by molar-refractivity contribution is -0.384. The maximum absolute atomic E-state index is 10.5. The molecule has 15 heavy (non-hydrogen) atoms. The van der Waals surface area contributed by atoms with E-state index in [1.807, 2.05) is 12.3 Å². The molecule has 0 radical (unpaired) electrons. The van der Waals surface area contributed by atoms with Crippen LogP contribution >= 0.6 is 11.8 Å². The van der Waals surface area contributed by atoms with Crippen molar-refractivity contribution in [1.82, 2.24) is 0 Å². The van der Waals surface area contributed by atoms with Crippen molar-refractivity contribution in [2.75, 3.05) is 13.4 Å². The summed E-state index contributed by atoms with van der Waals surface area (Å²) in [6.07, 6.45) is 2.63. The zero-order chi connectivity index (χ0) is 11.3. The van der Waals surface area contributed by atoms with Crippen molar-refractivity contribution in [1.29, 1.82) is 0 Å². The van der Waals surface area contributed by atoms with Crippen LogP contribution in [0.3, 0.4) is 0 Å². The smallest absolute Gasteiger partial charge is 0.269 e. The molecule has 0 aromatic heterocycles. The van der Waals surface area contributed by atoms with Crippen molar-refractivity contribution < 1.29 is 9.66 Å². The second-order valence-corrected chi connectivity index (χ2v) is 4.03. The fourth-order valence-electron chi connectivity index (χ4n) is 1.25. The van der Waals surface area contributed by atoms with Crippen LogP contribution in [0.4, 0.5) is 5.69 Å². The molecule has 1 unspecified atom stereocenters. The van der Waals surface area contributed by atoms with E-state index in [0.717, 1.165) is 5.56 Å². The van der Waals surface area contributed by atoms with Crippen molar-refractivity contribution in [3.8, 4) is 0 Å². The number of thioether (sulfide) groups is 1. The highest BCUT2D eigenvalue weighted by atomic mass is 32.2. The topological polar surface area (TPSA) is 52.4 Å². The van der Waals surface area contributed by atoms with Crippen molar-refractivity contribution in [2.24, 2.45) is 0 Å². The van der Waals surface area contributed by atoms with Crippen LogP contribution in [0.1, 0.15) is 5.56 Å². The lowest BCUT2D eigenvalue weighted by atomic mass is 10.1. The molecule has 4 nitrogen and oxygen atoms in total. The van der Waals surface area contributed by atoms with E-state index < -0.39 is 0 Å². The van der Waals surface area contributed by atoms with Crippen molar-refractivity contribution in [3.63, 3.8) is 0 Å². The maximum atomic E-state index is 10.5. The van der Waals surface area contributed by atoms with E-state index in [1.54, 1.807) is 31.0 Å². The normalized spacial score (nSPS) is 12.4. The Morgan fingerprint density at radius 3 is 2.87 bits per heavy atom. The summed E-state index contributed by atoms with van der Waals surface area (Å²) in [5.74, 6) is 0. The number of non-ortho nitro benzene ring substituents is 1. The summed E-state index contributed by atoms with van der Waals surface area (Å²) in [5, 5.41) is 10.5. The predicted molar refractivity (Wildman–Crippen MR) is 61.1 cm³/mol. The highest BCUT2D eigenvalue weighted by Gasteiger charge is 2.10. The standard InChI is InChI=1S/C10H13NO3S/c1-14-10(15-2)7-8-4-3-5-9(6-8)11(12)13/h3-6,10H,7H2,1-2H3. The lowest BCUT2D eigenvalue weighted by Crippen LogP contribution is -2.08. The highest BCUT2D eigenvalue weighted by Crippen LogP contribution is 2.18. The number of ether oxygens (including phenoxy) is 1. The van der Waals surface area contributed by atoms with E-state index in [-0.39, 0.29) is 16.0 Å². The molecule has 5 heteroatoms. The summed E-state index contributed by atoms with van der Waals surface area (Å²) in [7, 11) is 1.64. The molecule has 0 aliphatic rings. The number of nitro benzene ring substituents is 1. The van der Waals surface area contributed by atoms with E-state index in [4.69, 9.17) is 4.74 Å². The maximum Gasteiger partial charge on any atom is 0.269 e. The molecule has 0 aliphatic carbocycles. The average molecular weight is 227 g/mol. The van der Waals surface area contributed by atoms with Crippen LogP contribution < -0.4 is 0 Å². The van der Waals surface area contributed by atoms with E-state index in [1.165, 1.54) is 6.07 Å². The average Bonchev–Trinajstić information content (AvgIpc) is 2.26. The highest BCUT2D eigenvalue weighted by molar-refractivity contribution is 7.99. The van der Waals surface area contributed by atoms with Gasteiger partial charge >= 0.3 is 0 Å². The molecule has 0 aliphatic heterocycles. The third-order valence-corrected chi connectivity index (χ3v) is 2.93. The van der Waals surface area contributed by atoms with E-state index in [0.29, 0.717) is 6.42 Å².